The van der Waals surface area contributed by atoms with Crippen molar-refractivity contribution in [2.75, 3.05) is 25.0 Å². The Bertz CT molecular complexity index is 1010. The third-order valence-electron chi connectivity index (χ3n) is 5.74. The van der Waals surface area contributed by atoms with Crippen LogP contribution >= 0.6 is 11.3 Å². The molecule has 1 spiro atoms. The topological polar surface area (TPSA) is 56.4 Å². The molecule has 5 nitrogen and oxygen atoms in total. The molecule has 1 unspecified atom stereocenters. The number of nitrogens with zero attached hydrogens (tertiary/aromatic N) is 2. The van der Waals surface area contributed by atoms with Crippen molar-refractivity contribution >= 4 is 39.1 Å². The summed E-state index contributed by atoms with van der Waals surface area (Å²) in [6.45, 7) is 1.13. The molecule has 3 aromatic rings. The molecule has 2 aromatic heterocycles. The van der Waals surface area contributed by atoms with Crippen LogP contribution in [0.3, 0.4) is 0 Å². The number of carbonyl (C=O) groups excluding carboxylic acids is 2. The van der Waals surface area contributed by atoms with E-state index >= 15 is 0 Å². The van der Waals surface area contributed by atoms with Gasteiger partial charge in [-0.2, -0.15) is 0 Å². The predicted molar refractivity (Wildman–Crippen MR) is 103 cm³/mol. The molecule has 1 aromatic carbocycles. The highest BCUT2D eigenvalue weighted by Gasteiger charge is 2.52. The first-order valence-corrected chi connectivity index (χ1v) is 9.71. The Morgan fingerprint density at radius 1 is 1.27 bits per heavy atom. The maximum absolute atomic E-state index is 13.1. The van der Waals surface area contributed by atoms with Crippen LogP contribution in [0.5, 0.6) is 0 Å². The van der Waals surface area contributed by atoms with E-state index < -0.39 is 5.41 Å². The Balaban J connectivity index is 1.51. The third-order valence-corrected chi connectivity index (χ3v) is 6.61. The van der Waals surface area contributed by atoms with Gasteiger partial charge in [-0.1, -0.05) is 18.2 Å². The van der Waals surface area contributed by atoms with Gasteiger partial charge in [0.1, 0.15) is 5.69 Å². The second kappa shape index (κ2) is 5.45. The van der Waals surface area contributed by atoms with Gasteiger partial charge in [-0.25, -0.2) is 0 Å². The van der Waals surface area contributed by atoms with Crippen molar-refractivity contribution in [3.8, 4) is 0 Å². The van der Waals surface area contributed by atoms with Gasteiger partial charge < -0.3 is 14.8 Å². The molecular weight excluding hydrogens is 346 g/mol. The highest BCUT2D eigenvalue weighted by atomic mass is 32.1. The Labute approximate surface area is 155 Å². The van der Waals surface area contributed by atoms with E-state index in [1.165, 1.54) is 0 Å². The fourth-order valence-electron chi connectivity index (χ4n) is 4.47. The quantitative estimate of drug-likeness (QED) is 0.719. The number of piperidine rings is 1. The van der Waals surface area contributed by atoms with Crippen molar-refractivity contribution in [2.45, 2.75) is 18.3 Å². The van der Waals surface area contributed by atoms with Crippen LogP contribution in [0.15, 0.2) is 41.8 Å². The number of amides is 2. The Hall–Kier alpha value is -2.60. The van der Waals surface area contributed by atoms with E-state index in [1.54, 1.807) is 16.2 Å². The lowest BCUT2D eigenvalue weighted by Crippen LogP contribution is -2.53. The van der Waals surface area contributed by atoms with Crippen LogP contribution in [-0.2, 0) is 10.2 Å². The number of hydrogen-bond donors (Lipinski definition) is 1. The van der Waals surface area contributed by atoms with E-state index in [4.69, 9.17) is 0 Å². The zero-order valence-corrected chi connectivity index (χ0v) is 15.3. The Morgan fingerprint density at radius 3 is 2.96 bits per heavy atom. The van der Waals surface area contributed by atoms with E-state index in [-0.39, 0.29) is 11.8 Å². The zero-order valence-electron chi connectivity index (χ0n) is 14.5. The van der Waals surface area contributed by atoms with E-state index in [0.717, 1.165) is 34.3 Å². The number of hydrogen-bond acceptors (Lipinski definition) is 3. The lowest BCUT2D eigenvalue weighted by molar-refractivity contribution is -0.124. The number of thiophene rings is 1. The molecule has 0 aliphatic carbocycles. The largest absolute Gasteiger partial charge is 0.350 e. The van der Waals surface area contributed by atoms with Gasteiger partial charge in [-0.05, 0) is 42.0 Å². The number of para-hydroxylation sites is 1. The third kappa shape index (κ3) is 2.02. The van der Waals surface area contributed by atoms with Crippen LogP contribution < -0.4 is 4.90 Å². The summed E-state index contributed by atoms with van der Waals surface area (Å²) in [5.74, 6) is 0.0796. The molecule has 0 bridgehead atoms. The molecule has 2 amide bonds. The van der Waals surface area contributed by atoms with Crippen LogP contribution in [0.2, 0.25) is 0 Å². The summed E-state index contributed by atoms with van der Waals surface area (Å²) in [5, 5.41) is 2.01. The van der Waals surface area contributed by atoms with Crippen LogP contribution in [0.1, 0.15) is 28.9 Å². The van der Waals surface area contributed by atoms with Crippen molar-refractivity contribution in [1.29, 1.82) is 0 Å². The van der Waals surface area contributed by atoms with E-state index in [2.05, 4.69) is 4.98 Å². The molecule has 6 heteroatoms. The fraction of sp³-hybridized carbons (Fsp3) is 0.300. The smallest absolute Gasteiger partial charge is 0.270 e. The number of nitrogens with one attached hydrogen (secondary N) is 1. The van der Waals surface area contributed by atoms with Crippen molar-refractivity contribution in [1.82, 2.24) is 9.88 Å². The minimum atomic E-state index is -0.608. The number of H-pyrrole nitrogens is 1. The van der Waals surface area contributed by atoms with Crippen LogP contribution in [0.4, 0.5) is 5.69 Å². The summed E-state index contributed by atoms with van der Waals surface area (Å²) in [4.78, 5) is 33.0. The average molecular weight is 365 g/mol. The Kier molecular flexibility index (Phi) is 3.28. The summed E-state index contributed by atoms with van der Waals surface area (Å²) in [6, 6.07) is 11.9. The minimum Gasteiger partial charge on any atom is -0.350 e. The number of likely N-dealkylation sites (tertiary alicyclic amines) is 1. The summed E-state index contributed by atoms with van der Waals surface area (Å²) < 4.78 is 1.09. The summed E-state index contributed by atoms with van der Waals surface area (Å²) in [7, 11) is 1.83. The number of anilines is 1. The number of benzene rings is 1. The average Bonchev–Trinajstić information content (AvgIpc) is 3.32. The molecule has 1 fully saturated rings. The van der Waals surface area contributed by atoms with E-state index in [0.29, 0.717) is 18.8 Å². The number of aromatic nitrogens is 1. The van der Waals surface area contributed by atoms with Gasteiger partial charge in [0, 0.05) is 25.8 Å². The maximum atomic E-state index is 13.1. The molecule has 0 saturated carbocycles. The van der Waals surface area contributed by atoms with Crippen molar-refractivity contribution < 1.29 is 9.59 Å². The first-order valence-electron chi connectivity index (χ1n) is 8.83. The summed E-state index contributed by atoms with van der Waals surface area (Å²) in [5.41, 5.74) is 3.01. The number of aromatic amines is 1. The van der Waals surface area contributed by atoms with Crippen LogP contribution in [0.25, 0.3) is 10.2 Å². The second-order valence-corrected chi connectivity index (χ2v) is 8.12. The lowest BCUT2D eigenvalue weighted by atomic mass is 9.75. The Morgan fingerprint density at radius 2 is 2.12 bits per heavy atom. The van der Waals surface area contributed by atoms with Gasteiger partial charge >= 0.3 is 0 Å². The minimum absolute atomic E-state index is 0.0210. The molecule has 132 valence electrons. The molecule has 5 rings (SSSR count). The van der Waals surface area contributed by atoms with Gasteiger partial charge in [0.2, 0.25) is 5.91 Å². The van der Waals surface area contributed by atoms with E-state index in [1.807, 2.05) is 53.7 Å². The zero-order chi connectivity index (χ0) is 17.9. The molecule has 1 saturated heterocycles. The SMILES string of the molecule is CN1C(=O)C2(CCCN(C(=O)c3cc4sccc4[nH]3)C2)c2ccccc21. The number of rotatable bonds is 1. The predicted octanol–water partition coefficient (Wildman–Crippen LogP) is 3.38. The number of fused-ring (bicyclic) bond motifs is 3. The monoisotopic (exact) mass is 365 g/mol. The fourth-order valence-corrected chi connectivity index (χ4v) is 5.26. The van der Waals surface area contributed by atoms with Crippen LogP contribution in [-0.4, -0.2) is 41.8 Å². The van der Waals surface area contributed by atoms with Gasteiger partial charge in [0.05, 0.1) is 15.6 Å². The highest BCUT2D eigenvalue weighted by Crippen LogP contribution is 2.46. The van der Waals surface area contributed by atoms with E-state index in [9.17, 15) is 9.59 Å². The van der Waals surface area contributed by atoms with Gasteiger partial charge in [0.15, 0.2) is 0 Å². The lowest BCUT2D eigenvalue weighted by Gasteiger charge is -2.39. The first kappa shape index (κ1) is 15.6. The summed E-state index contributed by atoms with van der Waals surface area (Å²) >= 11 is 1.62. The molecule has 1 N–H and O–H groups in total. The molecule has 26 heavy (non-hydrogen) atoms. The molecule has 1 atom stereocenters. The second-order valence-electron chi connectivity index (χ2n) is 7.18. The normalized spacial score (nSPS) is 22.4. The molecule has 2 aliphatic heterocycles. The van der Waals surface area contributed by atoms with Crippen molar-refractivity contribution in [2.24, 2.45) is 0 Å². The van der Waals surface area contributed by atoms with Crippen LogP contribution in [0, 0.1) is 0 Å². The van der Waals surface area contributed by atoms with Gasteiger partial charge in [-0.15, -0.1) is 11.3 Å². The molecular formula is C20H19N3O2S. The summed E-state index contributed by atoms with van der Waals surface area (Å²) in [6.07, 6.45) is 1.62. The number of carbonyl (C=O) groups is 2. The molecule has 0 radical (unpaired) electrons. The first-order chi connectivity index (χ1) is 12.6. The van der Waals surface area contributed by atoms with Gasteiger partial charge in [0.25, 0.3) is 5.91 Å². The van der Waals surface area contributed by atoms with Crippen molar-refractivity contribution in [3.05, 3.63) is 53.0 Å². The van der Waals surface area contributed by atoms with Crippen molar-refractivity contribution in [3.63, 3.8) is 0 Å². The van der Waals surface area contributed by atoms with Gasteiger partial charge in [-0.3, -0.25) is 9.59 Å². The highest BCUT2D eigenvalue weighted by molar-refractivity contribution is 7.17. The number of likely N-dealkylation sites (N-methyl/N-ethyl adjacent to an activating group) is 1. The maximum Gasteiger partial charge on any atom is 0.270 e. The standard InChI is InChI=1S/C20H19N3O2S/c1-22-16-6-3-2-5-13(16)20(19(22)25)8-4-9-23(12-20)18(24)15-11-17-14(21-15)7-10-26-17/h2-3,5-7,10-11,21H,4,8-9,12H2,1H3. The molecule has 4 heterocycles. The molecule has 2 aliphatic rings.